The fourth-order valence-corrected chi connectivity index (χ4v) is 2.76. The number of hydrogen-bond donors (Lipinski definition) is 1. The minimum Gasteiger partial charge on any atom is -0.481 e. The Labute approximate surface area is 113 Å². The van der Waals surface area contributed by atoms with E-state index >= 15 is 0 Å². The van der Waals surface area contributed by atoms with E-state index in [-0.39, 0.29) is 12.3 Å². The summed E-state index contributed by atoms with van der Waals surface area (Å²) < 4.78 is 5.33. The Kier molecular flexibility index (Phi) is 5.15. The van der Waals surface area contributed by atoms with Crippen LogP contribution in [0.1, 0.15) is 25.7 Å². The van der Waals surface area contributed by atoms with Crippen molar-refractivity contribution in [2.24, 2.45) is 0 Å². The summed E-state index contributed by atoms with van der Waals surface area (Å²) in [6.07, 6.45) is 1.88. The van der Waals surface area contributed by atoms with E-state index in [2.05, 4.69) is 4.90 Å². The van der Waals surface area contributed by atoms with Gasteiger partial charge in [-0.1, -0.05) is 0 Å². The molecule has 0 aromatic rings. The Balaban J connectivity index is 1.71. The molecular weight excluding hydrogens is 248 g/mol. The second-order valence-corrected chi connectivity index (χ2v) is 5.18. The average Bonchev–Trinajstić information content (AvgIpc) is 2.89. The molecule has 0 aromatic heterocycles. The maximum Gasteiger partial charge on any atom is 0.303 e. The molecular formula is C13H22N2O4. The molecule has 2 aliphatic heterocycles. The second kappa shape index (κ2) is 6.86. The van der Waals surface area contributed by atoms with Gasteiger partial charge in [-0.2, -0.15) is 0 Å². The molecule has 6 nitrogen and oxygen atoms in total. The minimum atomic E-state index is -0.833. The summed E-state index contributed by atoms with van der Waals surface area (Å²) in [5.74, 6) is -0.738. The molecule has 0 spiro atoms. The van der Waals surface area contributed by atoms with E-state index in [9.17, 15) is 9.59 Å². The third kappa shape index (κ3) is 4.18. The van der Waals surface area contributed by atoms with Crippen LogP contribution in [-0.4, -0.2) is 72.2 Å². The molecule has 2 rings (SSSR count). The fourth-order valence-electron chi connectivity index (χ4n) is 2.76. The molecule has 6 heteroatoms. The number of rotatable bonds is 5. The number of nitrogens with zero attached hydrogens (tertiary/aromatic N) is 2. The predicted octanol–water partition coefficient (Wildman–Crippen LogP) is 0.174. The van der Waals surface area contributed by atoms with E-state index in [1.807, 2.05) is 4.90 Å². The second-order valence-electron chi connectivity index (χ2n) is 5.18. The molecule has 0 aromatic carbocycles. The van der Waals surface area contributed by atoms with E-state index < -0.39 is 5.97 Å². The van der Waals surface area contributed by atoms with E-state index in [0.717, 1.165) is 45.8 Å². The first-order chi connectivity index (χ1) is 9.16. The Morgan fingerprint density at radius 2 is 1.89 bits per heavy atom. The highest BCUT2D eigenvalue weighted by molar-refractivity contribution is 5.77. The van der Waals surface area contributed by atoms with Crippen molar-refractivity contribution in [2.45, 2.75) is 31.7 Å². The van der Waals surface area contributed by atoms with Crippen molar-refractivity contribution in [1.29, 1.82) is 0 Å². The summed E-state index contributed by atoms with van der Waals surface area (Å²) in [7, 11) is 0. The highest BCUT2D eigenvalue weighted by atomic mass is 16.5. The Bertz CT molecular complexity index is 329. The standard InChI is InChI=1S/C13H22N2O4/c16-12(2-1-3-13(17)18)15-5-4-11(10-15)14-6-8-19-9-7-14/h11H,1-10H2,(H,17,18). The number of aliphatic carboxylic acids is 1. The molecule has 1 amide bonds. The molecule has 108 valence electrons. The van der Waals surface area contributed by atoms with Gasteiger partial charge in [0.15, 0.2) is 0 Å². The highest BCUT2D eigenvalue weighted by Crippen LogP contribution is 2.18. The molecule has 2 saturated heterocycles. The van der Waals surface area contributed by atoms with Gasteiger partial charge in [-0.15, -0.1) is 0 Å². The van der Waals surface area contributed by atoms with Crippen molar-refractivity contribution >= 4 is 11.9 Å². The summed E-state index contributed by atoms with van der Waals surface area (Å²) in [6.45, 7) is 5.05. The van der Waals surface area contributed by atoms with Crippen LogP contribution in [0.15, 0.2) is 0 Å². The van der Waals surface area contributed by atoms with Crippen LogP contribution in [0.25, 0.3) is 0 Å². The Morgan fingerprint density at radius 3 is 2.58 bits per heavy atom. The highest BCUT2D eigenvalue weighted by Gasteiger charge is 2.30. The molecule has 1 atom stereocenters. The molecule has 0 radical (unpaired) electrons. The van der Waals surface area contributed by atoms with Crippen molar-refractivity contribution < 1.29 is 19.4 Å². The lowest BCUT2D eigenvalue weighted by atomic mass is 10.2. The number of amides is 1. The summed E-state index contributed by atoms with van der Waals surface area (Å²) in [6, 6.07) is 0.451. The van der Waals surface area contributed by atoms with Gasteiger partial charge in [-0.25, -0.2) is 0 Å². The molecule has 0 bridgehead atoms. The topological polar surface area (TPSA) is 70.1 Å². The van der Waals surface area contributed by atoms with Gasteiger partial charge in [0.1, 0.15) is 0 Å². The fraction of sp³-hybridized carbons (Fsp3) is 0.846. The lowest BCUT2D eigenvalue weighted by Gasteiger charge is -2.32. The number of likely N-dealkylation sites (tertiary alicyclic amines) is 1. The molecule has 0 aliphatic carbocycles. The van der Waals surface area contributed by atoms with Crippen LogP contribution in [0.2, 0.25) is 0 Å². The van der Waals surface area contributed by atoms with Crippen molar-refractivity contribution in [3.63, 3.8) is 0 Å². The van der Waals surface area contributed by atoms with E-state index in [0.29, 0.717) is 18.9 Å². The van der Waals surface area contributed by atoms with Gasteiger partial charge < -0.3 is 14.7 Å². The summed E-state index contributed by atoms with van der Waals surface area (Å²) >= 11 is 0. The lowest BCUT2D eigenvalue weighted by Crippen LogP contribution is -2.45. The van der Waals surface area contributed by atoms with Gasteiger partial charge in [0.25, 0.3) is 0 Å². The van der Waals surface area contributed by atoms with Crippen molar-refractivity contribution in [3.8, 4) is 0 Å². The van der Waals surface area contributed by atoms with E-state index in [1.165, 1.54) is 0 Å². The van der Waals surface area contributed by atoms with Crippen LogP contribution in [-0.2, 0) is 14.3 Å². The number of hydrogen-bond acceptors (Lipinski definition) is 4. The summed E-state index contributed by atoms with van der Waals surface area (Å²) in [5.41, 5.74) is 0. The van der Waals surface area contributed by atoms with Crippen LogP contribution in [0.3, 0.4) is 0 Å². The van der Waals surface area contributed by atoms with Gasteiger partial charge in [0.2, 0.25) is 5.91 Å². The molecule has 1 unspecified atom stereocenters. The van der Waals surface area contributed by atoms with E-state index in [1.54, 1.807) is 0 Å². The molecule has 19 heavy (non-hydrogen) atoms. The van der Waals surface area contributed by atoms with Crippen molar-refractivity contribution in [1.82, 2.24) is 9.80 Å². The number of carboxylic acids is 1. The average molecular weight is 270 g/mol. The van der Waals surface area contributed by atoms with Crippen molar-refractivity contribution in [3.05, 3.63) is 0 Å². The van der Waals surface area contributed by atoms with Gasteiger partial charge in [0, 0.05) is 45.1 Å². The molecule has 1 N–H and O–H groups in total. The SMILES string of the molecule is O=C(O)CCCC(=O)N1CCC(N2CCOCC2)C1. The Morgan fingerprint density at radius 1 is 1.16 bits per heavy atom. The minimum absolute atomic E-state index is 0.0759. The smallest absolute Gasteiger partial charge is 0.303 e. The molecule has 2 heterocycles. The third-order valence-electron chi connectivity index (χ3n) is 3.86. The zero-order valence-electron chi connectivity index (χ0n) is 11.2. The summed E-state index contributed by atoms with van der Waals surface area (Å²) in [5, 5.41) is 8.56. The van der Waals surface area contributed by atoms with Crippen LogP contribution in [0.4, 0.5) is 0 Å². The first-order valence-electron chi connectivity index (χ1n) is 6.98. The van der Waals surface area contributed by atoms with Gasteiger partial charge in [-0.3, -0.25) is 14.5 Å². The van der Waals surface area contributed by atoms with Gasteiger partial charge >= 0.3 is 5.97 Å². The number of ether oxygens (including phenoxy) is 1. The zero-order valence-corrected chi connectivity index (χ0v) is 11.2. The zero-order chi connectivity index (χ0) is 13.7. The number of carbonyl (C=O) groups excluding carboxylic acids is 1. The largest absolute Gasteiger partial charge is 0.481 e. The molecule has 0 saturated carbocycles. The van der Waals surface area contributed by atoms with Crippen molar-refractivity contribution in [2.75, 3.05) is 39.4 Å². The van der Waals surface area contributed by atoms with Crippen LogP contribution in [0.5, 0.6) is 0 Å². The van der Waals surface area contributed by atoms with Crippen LogP contribution in [0, 0.1) is 0 Å². The predicted molar refractivity (Wildman–Crippen MR) is 68.9 cm³/mol. The summed E-state index contributed by atoms with van der Waals surface area (Å²) in [4.78, 5) is 26.6. The normalized spacial score (nSPS) is 24.6. The third-order valence-corrected chi connectivity index (χ3v) is 3.86. The van der Waals surface area contributed by atoms with Gasteiger partial charge in [0.05, 0.1) is 13.2 Å². The maximum absolute atomic E-state index is 11.9. The maximum atomic E-state index is 11.9. The lowest BCUT2D eigenvalue weighted by molar-refractivity contribution is -0.137. The molecule has 2 fully saturated rings. The van der Waals surface area contributed by atoms with E-state index in [4.69, 9.17) is 9.84 Å². The number of carbonyl (C=O) groups is 2. The molecule has 2 aliphatic rings. The van der Waals surface area contributed by atoms with Crippen LogP contribution >= 0.6 is 0 Å². The van der Waals surface area contributed by atoms with Gasteiger partial charge in [-0.05, 0) is 12.8 Å². The quantitative estimate of drug-likeness (QED) is 0.771. The monoisotopic (exact) mass is 270 g/mol. The Hall–Kier alpha value is -1.14. The number of morpholine rings is 1. The first-order valence-corrected chi connectivity index (χ1v) is 6.98. The first kappa shape index (κ1) is 14.3. The number of carboxylic acid groups (broad SMARTS) is 1. The van der Waals surface area contributed by atoms with Crippen LogP contribution < -0.4 is 0 Å².